The maximum absolute atomic E-state index is 13.5. The first-order valence-corrected chi connectivity index (χ1v) is 7.21. The van der Waals surface area contributed by atoms with Crippen LogP contribution in [0, 0.1) is 23.4 Å². The summed E-state index contributed by atoms with van der Waals surface area (Å²) < 4.78 is 44.7. The molecule has 7 heteroatoms. The quantitative estimate of drug-likeness (QED) is 0.842. The smallest absolute Gasteiger partial charge is 0.254 e. The van der Waals surface area contributed by atoms with E-state index >= 15 is 0 Å². The number of carbonyl (C=O) groups excluding carboxylic acids is 1. The molecule has 0 bridgehead atoms. The van der Waals surface area contributed by atoms with Crippen LogP contribution in [0.2, 0.25) is 0 Å². The number of halogens is 3. The molecule has 1 fully saturated rings. The van der Waals surface area contributed by atoms with Crippen LogP contribution in [0.15, 0.2) is 12.1 Å². The van der Waals surface area contributed by atoms with Gasteiger partial charge in [0.05, 0.1) is 18.8 Å². The van der Waals surface area contributed by atoms with Gasteiger partial charge >= 0.3 is 0 Å². The minimum absolute atomic E-state index is 0.149. The molecule has 1 unspecified atom stereocenters. The number of nitrogens with zero attached hydrogens (tertiary/aromatic N) is 1. The molecule has 0 radical (unpaired) electrons. The van der Waals surface area contributed by atoms with Gasteiger partial charge in [-0.05, 0) is 18.1 Å². The molecule has 1 amide bonds. The third-order valence-corrected chi connectivity index (χ3v) is 3.56. The van der Waals surface area contributed by atoms with Crippen molar-refractivity contribution >= 4 is 5.91 Å². The maximum Gasteiger partial charge on any atom is 0.254 e. The molecular formula is C15H19F3N2O2. The van der Waals surface area contributed by atoms with Gasteiger partial charge in [0.2, 0.25) is 0 Å². The lowest BCUT2D eigenvalue weighted by molar-refractivity contribution is 0.0317. The van der Waals surface area contributed by atoms with Crippen molar-refractivity contribution in [3.05, 3.63) is 35.1 Å². The third-order valence-electron chi connectivity index (χ3n) is 3.56. The molecule has 0 spiro atoms. The second kappa shape index (κ2) is 7.60. The predicted molar refractivity (Wildman–Crippen MR) is 75.1 cm³/mol. The normalized spacial score (nSPS) is 17.3. The highest BCUT2D eigenvalue weighted by atomic mass is 19.2. The van der Waals surface area contributed by atoms with Gasteiger partial charge in [-0.15, -0.1) is 0 Å². The highest BCUT2D eigenvalue weighted by molar-refractivity contribution is 5.94. The number of ether oxygens (including phenoxy) is 1. The zero-order chi connectivity index (χ0) is 16.1. The SMILES string of the molecule is CC(CNC(=O)c1ccc(F)c(F)c1F)CN1CCOCC1. The van der Waals surface area contributed by atoms with E-state index in [4.69, 9.17) is 4.74 Å². The van der Waals surface area contributed by atoms with Gasteiger partial charge in [-0.2, -0.15) is 0 Å². The van der Waals surface area contributed by atoms with Gasteiger partial charge in [-0.3, -0.25) is 9.69 Å². The summed E-state index contributed by atoms with van der Waals surface area (Å²) >= 11 is 0. The number of rotatable bonds is 5. The van der Waals surface area contributed by atoms with Crippen LogP contribution in [0.25, 0.3) is 0 Å². The number of amides is 1. The minimum Gasteiger partial charge on any atom is -0.379 e. The van der Waals surface area contributed by atoms with Crippen molar-refractivity contribution < 1.29 is 22.7 Å². The summed E-state index contributed by atoms with van der Waals surface area (Å²) in [4.78, 5) is 14.1. The Labute approximate surface area is 127 Å². The molecular weight excluding hydrogens is 297 g/mol. The lowest BCUT2D eigenvalue weighted by Gasteiger charge is -2.29. The van der Waals surface area contributed by atoms with E-state index in [2.05, 4.69) is 10.2 Å². The summed E-state index contributed by atoms with van der Waals surface area (Å²) in [5.41, 5.74) is -0.488. The van der Waals surface area contributed by atoms with E-state index in [1.807, 2.05) is 6.92 Å². The number of benzene rings is 1. The molecule has 1 atom stereocenters. The van der Waals surface area contributed by atoms with Crippen LogP contribution in [0.5, 0.6) is 0 Å². The monoisotopic (exact) mass is 316 g/mol. The van der Waals surface area contributed by atoms with E-state index in [9.17, 15) is 18.0 Å². The highest BCUT2D eigenvalue weighted by Crippen LogP contribution is 2.15. The van der Waals surface area contributed by atoms with Crippen LogP contribution in [0.3, 0.4) is 0 Å². The molecule has 1 saturated heterocycles. The lowest BCUT2D eigenvalue weighted by Crippen LogP contribution is -2.41. The Bertz CT molecular complexity index is 534. The van der Waals surface area contributed by atoms with Crippen LogP contribution < -0.4 is 5.32 Å². The Hall–Kier alpha value is -1.60. The van der Waals surface area contributed by atoms with Crippen molar-refractivity contribution in [2.75, 3.05) is 39.4 Å². The Morgan fingerprint density at radius 2 is 1.95 bits per heavy atom. The number of carbonyl (C=O) groups is 1. The van der Waals surface area contributed by atoms with E-state index in [0.717, 1.165) is 31.8 Å². The summed E-state index contributed by atoms with van der Waals surface area (Å²) in [6, 6.07) is 1.68. The first kappa shape index (κ1) is 16.8. The second-order valence-electron chi connectivity index (χ2n) is 5.45. The molecule has 1 aliphatic rings. The molecule has 1 aromatic rings. The van der Waals surface area contributed by atoms with Crippen LogP contribution in [-0.4, -0.2) is 50.2 Å². The van der Waals surface area contributed by atoms with Gasteiger partial charge in [0.1, 0.15) is 0 Å². The number of nitrogens with one attached hydrogen (secondary N) is 1. The lowest BCUT2D eigenvalue weighted by atomic mass is 10.1. The van der Waals surface area contributed by atoms with Crippen LogP contribution in [-0.2, 0) is 4.74 Å². The fourth-order valence-electron chi connectivity index (χ4n) is 2.35. The second-order valence-corrected chi connectivity index (χ2v) is 5.45. The average Bonchev–Trinajstić information content (AvgIpc) is 2.51. The molecule has 122 valence electrons. The summed E-state index contributed by atoms with van der Waals surface area (Å²) in [5, 5.41) is 2.55. The Balaban J connectivity index is 1.85. The minimum atomic E-state index is -1.63. The van der Waals surface area contributed by atoms with E-state index in [1.54, 1.807) is 0 Å². The third kappa shape index (κ3) is 4.20. The van der Waals surface area contributed by atoms with Crippen molar-refractivity contribution in [3.63, 3.8) is 0 Å². The van der Waals surface area contributed by atoms with Gasteiger partial charge in [-0.1, -0.05) is 6.92 Å². The molecule has 1 heterocycles. The molecule has 1 aliphatic heterocycles. The van der Waals surface area contributed by atoms with Crippen molar-refractivity contribution in [1.29, 1.82) is 0 Å². The van der Waals surface area contributed by atoms with Gasteiger partial charge in [-0.25, -0.2) is 13.2 Å². The molecule has 1 aromatic carbocycles. The van der Waals surface area contributed by atoms with Crippen LogP contribution in [0.1, 0.15) is 17.3 Å². The van der Waals surface area contributed by atoms with Crippen LogP contribution in [0.4, 0.5) is 13.2 Å². The number of morpholine rings is 1. The van der Waals surface area contributed by atoms with Crippen molar-refractivity contribution in [2.24, 2.45) is 5.92 Å². The van der Waals surface area contributed by atoms with Crippen molar-refractivity contribution in [2.45, 2.75) is 6.92 Å². The van der Waals surface area contributed by atoms with Gasteiger partial charge in [0.25, 0.3) is 5.91 Å². The fraction of sp³-hybridized carbons (Fsp3) is 0.533. The van der Waals surface area contributed by atoms with E-state index in [-0.39, 0.29) is 5.92 Å². The molecule has 0 aliphatic carbocycles. The van der Waals surface area contributed by atoms with E-state index < -0.39 is 28.9 Å². The number of hydrogen-bond donors (Lipinski definition) is 1. The molecule has 2 rings (SSSR count). The molecule has 22 heavy (non-hydrogen) atoms. The molecule has 0 saturated carbocycles. The van der Waals surface area contributed by atoms with E-state index in [1.165, 1.54) is 0 Å². The Morgan fingerprint density at radius 3 is 2.64 bits per heavy atom. The highest BCUT2D eigenvalue weighted by Gasteiger charge is 2.19. The fourth-order valence-corrected chi connectivity index (χ4v) is 2.35. The van der Waals surface area contributed by atoms with Crippen molar-refractivity contribution in [3.8, 4) is 0 Å². The molecule has 1 N–H and O–H groups in total. The van der Waals surface area contributed by atoms with Crippen molar-refractivity contribution in [1.82, 2.24) is 10.2 Å². The largest absolute Gasteiger partial charge is 0.379 e. The first-order chi connectivity index (χ1) is 10.5. The van der Waals surface area contributed by atoms with Crippen LogP contribution >= 0.6 is 0 Å². The first-order valence-electron chi connectivity index (χ1n) is 7.21. The Morgan fingerprint density at radius 1 is 1.27 bits per heavy atom. The van der Waals surface area contributed by atoms with Gasteiger partial charge < -0.3 is 10.1 Å². The summed E-state index contributed by atoms with van der Waals surface area (Å²) in [6.07, 6.45) is 0. The zero-order valence-electron chi connectivity index (χ0n) is 12.4. The molecule has 0 aromatic heterocycles. The number of hydrogen-bond acceptors (Lipinski definition) is 3. The summed E-state index contributed by atoms with van der Waals surface area (Å²) in [7, 11) is 0. The topological polar surface area (TPSA) is 41.6 Å². The van der Waals surface area contributed by atoms with E-state index in [0.29, 0.717) is 19.8 Å². The zero-order valence-corrected chi connectivity index (χ0v) is 12.4. The summed E-state index contributed by atoms with van der Waals surface area (Å²) in [5.74, 6) is -5.00. The van der Waals surface area contributed by atoms with Gasteiger partial charge in [0.15, 0.2) is 17.5 Å². The molecule has 4 nitrogen and oxygen atoms in total. The summed E-state index contributed by atoms with van der Waals surface area (Å²) in [6.45, 7) is 6.14. The average molecular weight is 316 g/mol. The predicted octanol–water partition coefficient (Wildman–Crippen LogP) is 1.80. The maximum atomic E-state index is 13.5. The standard InChI is InChI=1S/C15H19F3N2O2/c1-10(9-20-4-6-22-7-5-20)8-19-15(21)11-2-3-12(16)14(18)13(11)17/h2-3,10H,4-9H2,1H3,(H,19,21). The van der Waals surface area contributed by atoms with Gasteiger partial charge in [0, 0.05) is 26.2 Å². The Kier molecular flexibility index (Phi) is 5.79.